The first-order valence-electron chi connectivity index (χ1n) is 6.88. The van der Waals surface area contributed by atoms with E-state index in [1.54, 1.807) is 7.11 Å². The largest absolute Gasteiger partial charge is 0.496 e. The van der Waals surface area contributed by atoms with E-state index in [2.05, 4.69) is 24.9 Å². The number of benzene rings is 1. The van der Waals surface area contributed by atoms with Gasteiger partial charge in [0.15, 0.2) is 0 Å². The first-order chi connectivity index (χ1) is 8.83. The predicted molar refractivity (Wildman–Crippen MR) is 79.7 cm³/mol. The Hall–Kier alpha value is -1.06. The Labute approximate surface area is 117 Å². The van der Waals surface area contributed by atoms with Crippen molar-refractivity contribution in [1.29, 1.82) is 0 Å². The second-order valence-corrected chi connectivity index (χ2v) is 5.91. The van der Waals surface area contributed by atoms with Crippen LogP contribution in [0.4, 0.5) is 0 Å². The zero-order chi connectivity index (χ0) is 14.5. The van der Waals surface area contributed by atoms with Gasteiger partial charge in [-0.1, -0.05) is 18.2 Å². The van der Waals surface area contributed by atoms with Crippen LogP contribution in [-0.4, -0.2) is 42.4 Å². The number of hydrogen-bond donors (Lipinski definition) is 1. The summed E-state index contributed by atoms with van der Waals surface area (Å²) in [7, 11) is 3.81. The van der Waals surface area contributed by atoms with E-state index in [0.29, 0.717) is 6.04 Å². The van der Waals surface area contributed by atoms with E-state index in [4.69, 9.17) is 4.74 Å². The van der Waals surface area contributed by atoms with E-state index in [9.17, 15) is 5.11 Å². The summed E-state index contributed by atoms with van der Waals surface area (Å²) in [4.78, 5) is 2.28. The van der Waals surface area contributed by atoms with Crippen LogP contribution in [0.2, 0.25) is 0 Å². The summed E-state index contributed by atoms with van der Waals surface area (Å²) >= 11 is 0. The van der Waals surface area contributed by atoms with Gasteiger partial charge in [-0.2, -0.15) is 0 Å². The fourth-order valence-electron chi connectivity index (χ4n) is 2.02. The summed E-state index contributed by atoms with van der Waals surface area (Å²) in [6.07, 6.45) is 1.73. The molecule has 1 atom stereocenters. The van der Waals surface area contributed by atoms with Crippen molar-refractivity contribution >= 4 is 0 Å². The van der Waals surface area contributed by atoms with Gasteiger partial charge in [-0.15, -0.1) is 0 Å². The summed E-state index contributed by atoms with van der Waals surface area (Å²) in [5.74, 6) is 0.949. The SMILES string of the molecule is COc1ccccc1CC(C)N(C)CCC(C)(C)O. The molecule has 0 aromatic heterocycles. The zero-order valence-corrected chi connectivity index (χ0v) is 12.8. The summed E-state index contributed by atoms with van der Waals surface area (Å²) in [5.41, 5.74) is 0.630. The third kappa shape index (κ3) is 5.62. The monoisotopic (exact) mass is 265 g/mol. The lowest BCUT2D eigenvalue weighted by Gasteiger charge is -2.28. The van der Waals surface area contributed by atoms with Crippen molar-refractivity contribution in [2.24, 2.45) is 0 Å². The fraction of sp³-hybridized carbons (Fsp3) is 0.625. The minimum Gasteiger partial charge on any atom is -0.496 e. The molecule has 0 aliphatic heterocycles. The van der Waals surface area contributed by atoms with Crippen molar-refractivity contribution in [2.75, 3.05) is 20.7 Å². The number of likely N-dealkylation sites (N-methyl/N-ethyl adjacent to an activating group) is 1. The highest BCUT2D eigenvalue weighted by atomic mass is 16.5. The second kappa shape index (κ2) is 6.92. The first-order valence-corrected chi connectivity index (χ1v) is 6.88. The molecular weight excluding hydrogens is 238 g/mol. The molecule has 1 N–H and O–H groups in total. The van der Waals surface area contributed by atoms with Crippen molar-refractivity contribution in [3.8, 4) is 5.75 Å². The molecular formula is C16H27NO2. The van der Waals surface area contributed by atoms with Crippen molar-refractivity contribution in [3.63, 3.8) is 0 Å². The van der Waals surface area contributed by atoms with Gasteiger partial charge < -0.3 is 14.7 Å². The second-order valence-electron chi connectivity index (χ2n) is 5.91. The average Bonchev–Trinajstić information content (AvgIpc) is 2.35. The van der Waals surface area contributed by atoms with Crippen molar-refractivity contribution in [3.05, 3.63) is 29.8 Å². The molecule has 0 spiro atoms. The summed E-state index contributed by atoms with van der Waals surface area (Å²) < 4.78 is 5.38. The summed E-state index contributed by atoms with van der Waals surface area (Å²) in [6, 6.07) is 8.56. The van der Waals surface area contributed by atoms with Gasteiger partial charge >= 0.3 is 0 Å². The maximum Gasteiger partial charge on any atom is 0.122 e. The molecule has 1 unspecified atom stereocenters. The predicted octanol–water partition coefficient (Wildman–Crippen LogP) is 2.72. The first kappa shape index (κ1) is 16.0. The van der Waals surface area contributed by atoms with E-state index in [0.717, 1.165) is 25.1 Å². The topological polar surface area (TPSA) is 32.7 Å². The molecule has 1 aromatic carbocycles. The lowest BCUT2D eigenvalue weighted by Crippen LogP contribution is -2.35. The molecule has 0 aliphatic carbocycles. The highest BCUT2D eigenvalue weighted by Crippen LogP contribution is 2.20. The van der Waals surface area contributed by atoms with Gasteiger partial charge in [-0.3, -0.25) is 0 Å². The lowest BCUT2D eigenvalue weighted by molar-refractivity contribution is 0.0565. The smallest absolute Gasteiger partial charge is 0.122 e. The van der Waals surface area contributed by atoms with Crippen LogP contribution in [0.5, 0.6) is 5.75 Å². The highest BCUT2D eigenvalue weighted by Gasteiger charge is 2.17. The van der Waals surface area contributed by atoms with Crippen LogP contribution in [0.1, 0.15) is 32.8 Å². The Morgan fingerprint density at radius 3 is 2.53 bits per heavy atom. The summed E-state index contributed by atoms with van der Waals surface area (Å²) in [6.45, 7) is 6.80. The minimum atomic E-state index is -0.599. The molecule has 1 rings (SSSR count). The molecule has 108 valence electrons. The molecule has 19 heavy (non-hydrogen) atoms. The Kier molecular flexibility index (Phi) is 5.83. The quantitative estimate of drug-likeness (QED) is 0.823. The molecule has 0 saturated carbocycles. The number of aliphatic hydroxyl groups is 1. The molecule has 0 amide bonds. The molecule has 3 heteroatoms. The maximum atomic E-state index is 9.77. The van der Waals surface area contributed by atoms with E-state index in [1.807, 2.05) is 32.0 Å². The van der Waals surface area contributed by atoms with Gasteiger partial charge in [0.2, 0.25) is 0 Å². The Bertz CT molecular complexity index is 385. The van der Waals surface area contributed by atoms with Gasteiger partial charge in [-0.25, -0.2) is 0 Å². The van der Waals surface area contributed by atoms with Crippen LogP contribution in [0, 0.1) is 0 Å². The van der Waals surface area contributed by atoms with Crippen LogP contribution in [0.3, 0.4) is 0 Å². The number of hydrogen-bond acceptors (Lipinski definition) is 3. The third-order valence-corrected chi connectivity index (χ3v) is 3.54. The maximum absolute atomic E-state index is 9.77. The number of methoxy groups -OCH3 is 1. The molecule has 0 saturated heterocycles. The number of ether oxygens (including phenoxy) is 1. The Balaban J connectivity index is 2.56. The highest BCUT2D eigenvalue weighted by molar-refractivity contribution is 5.33. The van der Waals surface area contributed by atoms with Gasteiger partial charge in [-0.05, 0) is 52.3 Å². The van der Waals surface area contributed by atoms with Crippen molar-refractivity contribution in [1.82, 2.24) is 4.90 Å². The van der Waals surface area contributed by atoms with Gasteiger partial charge in [0.05, 0.1) is 12.7 Å². The Morgan fingerprint density at radius 2 is 1.95 bits per heavy atom. The normalized spacial score (nSPS) is 13.6. The van der Waals surface area contributed by atoms with Crippen LogP contribution < -0.4 is 4.74 Å². The van der Waals surface area contributed by atoms with E-state index < -0.39 is 5.60 Å². The molecule has 0 fully saturated rings. The van der Waals surface area contributed by atoms with Crippen LogP contribution in [0.25, 0.3) is 0 Å². The van der Waals surface area contributed by atoms with Crippen molar-refractivity contribution in [2.45, 2.75) is 45.3 Å². The molecule has 1 aromatic rings. The molecule has 0 aliphatic rings. The molecule has 0 radical (unpaired) electrons. The molecule has 0 bridgehead atoms. The third-order valence-electron chi connectivity index (χ3n) is 3.54. The number of nitrogens with zero attached hydrogens (tertiary/aromatic N) is 1. The van der Waals surface area contributed by atoms with E-state index in [-0.39, 0.29) is 0 Å². The van der Waals surface area contributed by atoms with E-state index in [1.165, 1.54) is 5.56 Å². The van der Waals surface area contributed by atoms with Crippen LogP contribution in [-0.2, 0) is 6.42 Å². The number of para-hydroxylation sites is 1. The summed E-state index contributed by atoms with van der Waals surface area (Å²) in [5, 5.41) is 9.77. The Morgan fingerprint density at radius 1 is 1.32 bits per heavy atom. The van der Waals surface area contributed by atoms with Gasteiger partial charge in [0, 0.05) is 12.6 Å². The van der Waals surface area contributed by atoms with E-state index >= 15 is 0 Å². The number of rotatable bonds is 7. The molecule has 3 nitrogen and oxygen atoms in total. The zero-order valence-electron chi connectivity index (χ0n) is 12.8. The van der Waals surface area contributed by atoms with Gasteiger partial charge in [0.25, 0.3) is 0 Å². The minimum absolute atomic E-state index is 0.415. The molecule has 0 heterocycles. The lowest BCUT2D eigenvalue weighted by atomic mass is 10.0. The van der Waals surface area contributed by atoms with Crippen molar-refractivity contribution < 1.29 is 9.84 Å². The van der Waals surface area contributed by atoms with Crippen LogP contribution >= 0.6 is 0 Å². The fourth-order valence-corrected chi connectivity index (χ4v) is 2.02. The standard InChI is InChI=1S/C16H27NO2/c1-13(17(4)11-10-16(2,3)18)12-14-8-6-7-9-15(14)19-5/h6-9,13,18H,10-12H2,1-5H3. The van der Waals surface area contributed by atoms with Gasteiger partial charge in [0.1, 0.15) is 5.75 Å². The average molecular weight is 265 g/mol. The van der Waals surface area contributed by atoms with Crippen LogP contribution in [0.15, 0.2) is 24.3 Å².